The van der Waals surface area contributed by atoms with E-state index >= 15 is 0 Å². The quantitative estimate of drug-likeness (QED) is 0.180. The van der Waals surface area contributed by atoms with Crippen LogP contribution in [0.3, 0.4) is 0 Å². The largest absolute Gasteiger partial charge is 0.457 e. The standard InChI is InChI=1S/C30H26BrClN2O5/c1-19-15-25(31)26(32)17-27(19)34-29(36)18-38-30(37)8-4-7-28(35)33-22-10-13-23(14-11-22)39-24-12-9-20-5-2-3-6-21(20)16-24/h2-3,5-6,9-17H,4,7-8,18H2,1H3,(H,33,35)(H,34,36). The number of halogens is 2. The van der Waals surface area contributed by atoms with Crippen LogP contribution in [-0.4, -0.2) is 24.4 Å². The summed E-state index contributed by atoms with van der Waals surface area (Å²) in [7, 11) is 0. The van der Waals surface area contributed by atoms with Crippen LogP contribution in [-0.2, 0) is 19.1 Å². The van der Waals surface area contributed by atoms with Crippen molar-refractivity contribution in [2.45, 2.75) is 26.2 Å². The van der Waals surface area contributed by atoms with Crippen LogP contribution in [0, 0.1) is 6.92 Å². The van der Waals surface area contributed by atoms with E-state index in [0.29, 0.717) is 22.1 Å². The molecule has 9 heteroatoms. The van der Waals surface area contributed by atoms with Crippen molar-refractivity contribution < 1.29 is 23.9 Å². The Morgan fingerprint density at radius 1 is 0.821 bits per heavy atom. The van der Waals surface area contributed by atoms with Gasteiger partial charge >= 0.3 is 5.97 Å². The second-order valence-electron chi connectivity index (χ2n) is 8.83. The fourth-order valence-electron chi connectivity index (χ4n) is 3.78. The second kappa shape index (κ2) is 13.3. The van der Waals surface area contributed by atoms with Gasteiger partial charge in [0.1, 0.15) is 11.5 Å². The maximum Gasteiger partial charge on any atom is 0.306 e. The van der Waals surface area contributed by atoms with Gasteiger partial charge in [-0.15, -0.1) is 0 Å². The molecule has 0 radical (unpaired) electrons. The number of esters is 1. The first kappa shape index (κ1) is 28.1. The van der Waals surface area contributed by atoms with Gasteiger partial charge in [0.05, 0.1) is 5.02 Å². The van der Waals surface area contributed by atoms with Crippen molar-refractivity contribution in [3.8, 4) is 11.5 Å². The molecule has 0 unspecified atom stereocenters. The molecule has 0 heterocycles. The van der Waals surface area contributed by atoms with Crippen molar-refractivity contribution in [2.24, 2.45) is 0 Å². The monoisotopic (exact) mass is 608 g/mol. The topological polar surface area (TPSA) is 93.7 Å². The van der Waals surface area contributed by atoms with Gasteiger partial charge in [-0.2, -0.15) is 0 Å². The third-order valence-corrected chi connectivity index (χ3v) is 6.98. The molecule has 0 atom stereocenters. The van der Waals surface area contributed by atoms with Crippen LogP contribution in [0.4, 0.5) is 11.4 Å². The second-order valence-corrected chi connectivity index (χ2v) is 10.1. The summed E-state index contributed by atoms with van der Waals surface area (Å²) in [6.07, 6.45) is 0.437. The summed E-state index contributed by atoms with van der Waals surface area (Å²) >= 11 is 9.38. The number of fused-ring (bicyclic) bond motifs is 1. The number of carbonyl (C=O) groups excluding carboxylic acids is 3. The Hall–Kier alpha value is -3.88. The van der Waals surface area contributed by atoms with Gasteiger partial charge in [0, 0.05) is 28.7 Å². The summed E-state index contributed by atoms with van der Waals surface area (Å²) in [5, 5.41) is 8.15. The van der Waals surface area contributed by atoms with Gasteiger partial charge in [0.15, 0.2) is 6.61 Å². The van der Waals surface area contributed by atoms with Gasteiger partial charge in [0.25, 0.3) is 5.91 Å². The van der Waals surface area contributed by atoms with E-state index < -0.39 is 18.5 Å². The predicted molar refractivity (Wildman–Crippen MR) is 156 cm³/mol. The van der Waals surface area contributed by atoms with E-state index in [9.17, 15) is 14.4 Å². The van der Waals surface area contributed by atoms with E-state index in [2.05, 4.69) is 26.6 Å². The number of amides is 2. The Kier molecular flexibility index (Phi) is 9.57. The molecule has 0 fully saturated rings. The van der Waals surface area contributed by atoms with Crippen LogP contribution in [0.2, 0.25) is 5.02 Å². The van der Waals surface area contributed by atoms with E-state index in [4.69, 9.17) is 21.1 Å². The molecule has 0 bridgehead atoms. The number of carbonyl (C=O) groups is 3. The van der Waals surface area contributed by atoms with Crippen LogP contribution in [0.5, 0.6) is 11.5 Å². The zero-order valence-corrected chi connectivity index (χ0v) is 23.5. The van der Waals surface area contributed by atoms with E-state index in [0.717, 1.165) is 26.6 Å². The molecule has 0 aliphatic heterocycles. The molecule has 4 aromatic rings. The van der Waals surface area contributed by atoms with Crippen LogP contribution < -0.4 is 15.4 Å². The molecule has 200 valence electrons. The first-order chi connectivity index (χ1) is 18.8. The molecule has 0 aliphatic rings. The summed E-state index contributed by atoms with van der Waals surface area (Å²) in [6, 6.07) is 24.4. The van der Waals surface area contributed by atoms with Gasteiger partial charge in [-0.05, 0) is 94.1 Å². The first-order valence-corrected chi connectivity index (χ1v) is 13.4. The normalized spacial score (nSPS) is 10.6. The number of benzene rings is 4. The molecule has 0 saturated carbocycles. The summed E-state index contributed by atoms with van der Waals surface area (Å²) in [5.74, 6) is 0.108. The van der Waals surface area contributed by atoms with Gasteiger partial charge in [0.2, 0.25) is 5.91 Å². The minimum atomic E-state index is -0.557. The average Bonchev–Trinajstić information content (AvgIpc) is 2.91. The lowest BCUT2D eigenvalue weighted by atomic mass is 10.1. The molecule has 4 rings (SSSR count). The predicted octanol–water partition coefficient (Wildman–Crippen LogP) is 7.65. The van der Waals surface area contributed by atoms with Gasteiger partial charge < -0.3 is 20.1 Å². The van der Waals surface area contributed by atoms with Crippen molar-refractivity contribution in [3.05, 3.63) is 93.9 Å². The van der Waals surface area contributed by atoms with Crippen molar-refractivity contribution in [3.63, 3.8) is 0 Å². The molecule has 0 aromatic heterocycles. The van der Waals surface area contributed by atoms with E-state index in [1.165, 1.54) is 0 Å². The number of hydrogen-bond donors (Lipinski definition) is 2. The lowest BCUT2D eigenvalue weighted by Gasteiger charge is -2.10. The zero-order valence-electron chi connectivity index (χ0n) is 21.1. The minimum Gasteiger partial charge on any atom is -0.457 e. The number of hydrogen-bond acceptors (Lipinski definition) is 5. The number of aryl methyl sites for hydroxylation is 1. The van der Waals surface area contributed by atoms with E-state index in [-0.39, 0.29) is 25.2 Å². The third-order valence-electron chi connectivity index (χ3n) is 5.79. The van der Waals surface area contributed by atoms with Crippen LogP contribution in [0.15, 0.2) is 83.3 Å². The van der Waals surface area contributed by atoms with Crippen LogP contribution >= 0.6 is 27.5 Å². The Bertz CT molecular complexity index is 1510. The molecule has 39 heavy (non-hydrogen) atoms. The molecule has 2 amide bonds. The number of ether oxygens (including phenoxy) is 2. The van der Waals surface area contributed by atoms with E-state index in [1.807, 2.05) is 49.4 Å². The summed E-state index contributed by atoms with van der Waals surface area (Å²) < 4.78 is 11.7. The van der Waals surface area contributed by atoms with Crippen molar-refractivity contribution >= 4 is 67.5 Å². The highest BCUT2D eigenvalue weighted by atomic mass is 79.9. The molecule has 0 saturated heterocycles. The minimum absolute atomic E-state index is 0.0162. The van der Waals surface area contributed by atoms with Crippen LogP contribution in [0.25, 0.3) is 10.8 Å². The Labute approximate surface area is 239 Å². The highest BCUT2D eigenvalue weighted by Gasteiger charge is 2.12. The lowest BCUT2D eigenvalue weighted by Crippen LogP contribution is -2.21. The van der Waals surface area contributed by atoms with Gasteiger partial charge in [-0.25, -0.2) is 0 Å². The SMILES string of the molecule is Cc1cc(Br)c(Cl)cc1NC(=O)COC(=O)CCCC(=O)Nc1ccc(Oc2ccc3ccccc3c2)cc1. The highest BCUT2D eigenvalue weighted by Crippen LogP contribution is 2.29. The summed E-state index contributed by atoms with van der Waals surface area (Å²) in [6.45, 7) is 1.40. The van der Waals surface area contributed by atoms with Gasteiger partial charge in [-0.1, -0.05) is 41.9 Å². The maximum atomic E-state index is 12.3. The highest BCUT2D eigenvalue weighted by molar-refractivity contribution is 9.10. The maximum absolute atomic E-state index is 12.3. The van der Waals surface area contributed by atoms with Gasteiger partial charge in [-0.3, -0.25) is 14.4 Å². The number of rotatable bonds is 10. The third kappa shape index (κ3) is 8.30. The first-order valence-electron chi connectivity index (χ1n) is 12.2. The van der Waals surface area contributed by atoms with Crippen molar-refractivity contribution in [1.29, 1.82) is 0 Å². The molecule has 0 aliphatic carbocycles. The van der Waals surface area contributed by atoms with Crippen molar-refractivity contribution in [1.82, 2.24) is 0 Å². The number of nitrogens with one attached hydrogen (secondary N) is 2. The average molecular weight is 610 g/mol. The summed E-state index contributed by atoms with van der Waals surface area (Å²) in [4.78, 5) is 36.4. The molecule has 4 aromatic carbocycles. The lowest BCUT2D eigenvalue weighted by molar-refractivity contribution is -0.147. The molecular formula is C30H26BrClN2O5. The zero-order chi connectivity index (χ0) is 27.8. The van der Waals surface area contributed by atoms with Crippen LogP contribution in [0.1, 0.15) is 24.8 Å². The van der Waals surface area contributed by atoms with E-state index in [1.54, 1.807) is 36.4 Å². The number of anilines is 2. The Morgan fingerprint density at radius 2 is 1.54 bits per heavy atom. The summed E-state index contributed by atoms with van der Waals surface area (Å²) in [5.41, 5.74) is 1.96. The fourth-order valence-corrected chi connectivity index (χ4v) is 4.40. The fraction of sp³-hybridized carbons (Fsp3) is 0.167. The smallest absolute Gasteiger partial charge is 0.306 e. The van der Waals surface area contributed by atoms with Crippen molar-refractivity contribution in [2.75, 3.05) is 17.2 Å². The molecule has 7 nitrogen and oxygen atoms in total. The Morgan fingerprint density at radius 3 is 2.31 bits per heavy atom. The Balaban J connectivity index is 1.15. The molecule has 0 spiro atoms. The molecule has 2 N–H and O–H groups in total. The molecular weight excluding hydrogens is 584 g/mol.